The molecule has 7 nitrogen and oxygen atoms in total. The van der Waals surface area contributed by atoms with E-state index >= 15 is 0 Å². The molecular formula is C16H26N4O3S. The Kier molecular flexibility index (Phi) is 6.98. The zero-order valence-corrected chi connectivity index (χ0v) is 15.0. The average molecular weight is 354 g/mol. The smallest absolute Gasteiger partial charge is 0.137 e. The van der Waals surface area contributed by atoms with Gasteiger partial charge in [-0.05, 0) is 44.0 Å². The summed E-state index contributed by atoms with van der Waals surface area (Å²) in [7, 11) is 1.52. The fourth-order valence-corrected chi connectivity index (χ4v) is 3.43. The van der Waals surface area contributed by atoms with Crippen LogP contribution in [-0.4, -0.2) is 62.3 Å². The minimum Gasteiger partial charge on any atom is -0.492 e. The molecule has 1 aromatic rings. The van der Waals surface area contributed by atoms with Gasteiger partial charge in [-0.15, -0.1) is 4.33 Å². The van der Waals surface area contributed by atoms with Crippen LogP contribution in [0.1, 0.15) is 12.8 Å². The topological polar surface area (TPSA) is 59.1 Å². The molecule has 0 radical (unpaired) electrons. The number of anilines is 1. The standard InChI is InChI=1S/C16H26N4O3S/c1-21-23-24-20-10-8-19(9-11-20)16-3-2-15(12-18-16)22-13-14-4-6-17-7-5-14/h2-3,12,14,17H,4-11,13H2,1H3. The van der Waals surface area contributed by atoms with Crippen LogP contribution in [0.25, 0.3) is 0 Å². The molecule has 2 saturated heterocycles. The van der Waals surface area contributed by atoms with Gasteiger partial charge < -0.3 is 15.0 Å². The van der Waals surface area contributed by atoms with Gasteiger partial charge in [-0.3, -0.25) is 0 Å². The number of aromatic nitrogens is 1. The Hall–Kier alpha value is -1.06. The summed E-state index contributed by atoms with van der Waals surface area (Å²) in [5, 5.41) is 3.38. The second-order valence-electron chi connectivity index (χ2n) is 6.08. The van der Waals surface area contributed by atoms with Crippen molar-refractivity contribution in [3.05, 3.63) is 18.3 Å². The highest BCUT2D eigenvalue weighted by Gasteiger charge is 2.19. The zero-order chi connectivity index (χ0) is 16.6. The largest absolute Gasteiger partial charge is 0.492 e. The highest BCUT2D eigenvalue weighted by atomic mass is 32.2. The molecule has 1 aromatic heterocycles. The molecule has 2 aliphatic heterocycles. The van der Waals surface area contributed by atoms with Gasteiger partial charge in [0.15, 0.2) is 0 Å². The molecular weight excluding hydrogens is 328 g/mol. The van der Waals surface area contributed by atoms with Crippen LogP contribution in [0.2, 0.25) is 0 Å². The van der Waals surface area contributed by atoms with Gasteiger partial charge in [0.25, 0.3) is 0 Å². The molecule has 0 spiro atoms. The number of pyridine rings is 1. The molecule has 0 amide bonds. The van der Waals surface area contributed by atoms with Gasteiger partial charge in [-0.1, -0.05) is 0 Å². The van der Waals surface area contributed by atoms with Crippen LogP contribution in [-0.2, 0) is 9.22 Å². The molecule has 1 N–H and O–H groups in total. The van der Waals surface area contributed by atoms with Crippen molar-refractivity contribution >= 4 is 18.0 Å². The first-order chi connectivity index (χ1) is 11.8. The molecule has 2 aliphatic rings. The van der Waals surface area contributed by atoms with Crippen LogP contribution in [0.3, 0.4) is 0 Å². The fraction of sp³-hybridized carbons (Fsp3) is 0.688. The molecule has 0 atom stereocenters. The van der Waals surface area contributed by atoms with Crippen LogP contribution >= 0.6 is 12.2 Å². The third-order valence-corrected chi connectivity index (χ3v) is 5.20. The van der Waals surface area contributed by atoms with E-state index in [2.05, 4.69) is 24.4 Å². The number of piperazine rings is 1. The number of hydrogen-bond acceptors (Lipinski definition) is 8. The van der Waals surface area contributed by atoms with Crippen molar-refractivity contribution in [2.75, 3.05) is 57.9 Å². The predicted molar refractivity (Wildman–Crippen MR) is 94.8 cm³/mol. The lowest BCUT2D eigenvalue weighted by atomic mass is 9.99. The minimum absolute atomic E-state index is 0.658. The highest BCUT2D eigenvalue weighted by molar-refractivity contribution is 7.92. The summed E-state index contributed by atoms with van der Waals surface area (Å²) in [4.78, 5) is 11.5. The number of hydrogen-bond donors (Lipinski definition) is 1. The lowest BCUT2D eigenvalue weighted by molar-refractivity contribution is -0.163. The maximum Gasteiger partial charge on any atom is 0.137 e. The van der Waals surface area contributed by atoms with Gasteiger partial charge in [-0.2, -0.15) is 0 Å². The molecule has 3 rings (SSSR count). The summed E-state index contributed by atoms with van der Waals surface area (Å²) in [6.07, 6.45) is 4.23. The summed E-state index contributed by atoms with van der Waals surface area (Å²) in [6, 6.07) is 4.07. The third kappa shape index (κ3) is 5.22. The second-order valence-corrected chi connectivity index (χ2v) is 6.88. The Morgan fingerprint density at radius 2 is 2.00 bits per heavy atom. The number of rotatable bonds is 7. The number of piperidine rings is 1. The van der Waals surface area contributed by atoms with E-state index in [0.29, 0.717) is 5.92 Å². The Balaban J connectivity index is 1.43. The van der Waals surface area contributed by atoms with Gasteiger partial charge in [-0.25, -0.2) is 14.2 Å². The van der Waals surface area contributed by atoms with Crippen LogP contribution in [0.5, 0.6) is 5.75 Å². The van der Waals surface area contributed by atoms with Crippen LogP contribution in [0, 0.1) is 5.92 Å². The van der Waals surface area contributed by atoms with E-state index in [9.17, 15) is 0 Å². The Bertz CT molecular complexity index is 477. The van der Waals surface area contributed by atoms with E-state index in [1.165, 1.54) is 32.2 Å². The van der Waals surface area contributed by atoms with E-state index in [-0.39, 0.29) is 0 Å². The number of nitrogens with zero attached hydrogens (tertiary/aromatic N) is 3. The second kappa shape index (κ2) is 9.43. The van der Waals surface area contributed by atoms with Gasteiger partial charge in [0.1, 0.15) is 23.8 Å². The lowest BCUT2D eigenvalue weighted by Crippen LogP contribution is -2.43. The van der Waals surface area contributed by atoms with Gasteiger partial charge in [0.05, 0.1) is 19.9 Å². The normalized spacial score (nSPS) is 20.3. The predicted octanol–water partition coefficient (Wildman–Crippen LogP) is 1.72. The van der Waals surface area contributed by atoms with Crippen molar-refractivity contribution in [3.63, 3.8) is 0 Å². The van der Waals surface area contributed by atoms with Crippen LogP contribution in [0.4, 0.5) is 5.82 Å². The van der Waals surface area contributed by atoms with Crippen LogP contribution < -0.4 is 15.0 Å². The monoisotopic (exact) mass is 354 g/mol. The van der Waals surface area contributed by atoms with Gasteiger partial charge in [0.2, 0.25) is 0 Å². The summed E-state index contributed by atoms with van der Waals surface area (Å²) in [5.41, 5.74) is 0. The zero-order valence-electron chi connectivity index (χ0n) is 14.1. The van der Waals surface area contributed by atoms with Crippen molar-refractivity contribution in [1.29, 1.82) is 0 Å². The number of ether oxygens (including phenoxy) is 1. The van der Waals surface area contributed by atoms with Crippen LogP contribution in [0.15, 0.2) is 18.3 Å². The maximum absolute atomic E-state index is 5.90. The molecule has 0 aliphatic carbocycles. The summed E-state index contributed by atoms with van der Waals surface area (Å²) in [5.74, 6) is 2.52. The summed E-state index contributed by atoms with van der Waals surface area (Å²) in [6.45, 7) is 6.64. The van der Waals surface area contributed by atoms with Crippen molar-refractivity contribution in [1.82, 2.24) is 14.6 Å². The average Bonchev–Trinajstić information content (AvgIpc) is 2.66. The van der Waals surface area contributed by atoms with Crippen molar-refractivity contribution in [2.24, 2.45) is 5.92 Å². The Labute approximate surface area is 147 Å². The highest BCUT2D eigenvalue weighted by Crippen LogP contribution is 2.21. The Morgan fingerprint density at radius 1 is 1.21 bits per heavy atom. The molecule has 0 aromatic carbocycles. The van der Waals surface area contributed by atoms with Crippen molar-refractivity contribution < 1.29 is 14.0 Å². The molecule has 134 valence electrons. The molecule has 0 saturated carbocycles. The van der Waals surface area contributed by atoms with E-state index in [1.54, 1.807) is 0 Å². The fourth-order valence-electron chi connectivity index (χ4n) is 2.97. The Morgan fingerprint density at radius 3 is 2.67 bits per heavy atom. The van der Waals surface area contributed by atoms with Gasteiger partial charge >= 0.3 is 0 Å². The molecule has 0 bridgehead atoms. The van der Waals surface area contributed by atoms with Crippen molar-refractivity contribution in [2.45, 2.75) is 12.8 Å². The first kappa shape index (κ1) is 17.8. The summed E-state index contributed by atoms with van der Waals surface area (Å²) >= 11 is 1.26. The SMILES string of the molecule is COOSN1CCN(c2ccc(OCC3CCNCC3)cn2)CC1. The molecule has 24 heavy (non-hydrogen) atoms. The summed E-state index contributed by atoms with van der Waals surface area (Å²) < 4.78 is 12.9. The van der Waals surface area contributed by atoms with E-state index < -0.39 is 0 Å². The first-order valence-corrected chi connectivity index (χ1v) is 9.22. The quantitative estimate of drug-likeness (QED) is 0.344. The first-order valence-electron chi connectivity index (χ1n) is 8.52. The number of nitrogens with one attached hydrogen (secondary N) is 1. The lowest BCUT2D eigenvalue weighted by Gasteiger charge is -2.33. The molecule has 8 heteroatoms. The van der Waals surface area contributed by atoms with Crippen molar-refractivity contribution in [3.8, 4) is 5.75 Å². The van der Waals surface area contributed by atoms with E-state index in [4.69, 9.17) is 9.07 Å². The van der Waals surface area contributed by atoms with E-state index in [1.807, 2.05) is 18.3 Å². The maximum atomic E-state index is 5.90. The minimum atomic E-state index is 0.658. The molecule has 0 unspecified atom stereocenters. The van der Waals surface area contributed by atoms with E-state index in [0.717, 1.165) is 57.4 Å². The molecule has 3 heterocycles. The van der Waals surface area contributed by atoms with Gasteiger partial charge in [0, 0.05) is 26.2 Å². The third-order valence-electron chi connectivity index (χ3n) is 4.43. The molecule has 2 fully saturated rings.